The van der Waals surface area contributed by atoms with Gasteiger partial charge in [0.1, 0.15) is 35.6 Å². The van der Waals surface area contributed by atoms with Crippen LogP contribution in [0.3, 0.4) is 0 Å². The van der Waals surface area contributed by atoms with Crippen molar-refractivity contribution in [1.29, 1.82) is 0 Å². The average molecular weight is 335 g/mol. The van der Waals surface area contributed by atoms with Crippen LogP contribution in [-0.4, -0.2) is 66.7 Å². The van der Waals surface area contributed by atoms with E-state index in [-0.39, 0.29) is 12.5 Å². The molecule has 1 saturated heterocycles. The van der Waals surface area contributed by atoms with Crippen molar-refractivity contribution in [1.82, 2.24) is 14.5 Å². The fourth-order valence-electron chi connectivity index (χ4n) is 3.24. The molecule has 1 fully saturated rings. The first-order valence-electron chi connectivity index (χ1n) is 7.49. The van der Waals surface area contributed by atoms with Crippen molar-refractivity contribution in [2.75, 3.05) is 23.8 Å². The van der Waals surface area contributed by atoms with Gasteiger partial charge in [-0.25, -0.2) is 9.97 Å². The number of nitrogens with zero attached hydrogens (tertiary/aromatic N) is 3. The number of anilines is 2. The predicted octanol–water partition coefficient (Wildman–Crippen LogP) is -1.20. The van der Waals surface area contributed by atoms with Crippen LogP contribution in [0, 0.1) is 0 Å². The van der Waals surface area contributed by atoms with E-state index in [1.807, 2.05) is 0 Å². The molecule has 10 nitrogen and oxygen atoms in total. The summed E-state index contributed by atoms with van der Waals surface area (Å²) in [4.78, 5) is 20.2. The Balaban J connectivity index is 1.88. The van der Waals surface area contributed by atoms with E-state index in [1.54, 1.807) is 6.20 Å². The number of rotatable bonds is 2. The molecular formula is C14H17N5O5. The molecule has 0 spiro atoms. The van der Waals surface area contributed by atoms with Crippen LogP contribution in [0.4, 0.5) is 11.5 Å². The molecule has 4 rings (SSSR count). The van der Waals surface area contributed by atoms with E-state index in [9.17, 15) is 20.1 Å². The summed E-state index contributed by atoms with van der Waals surface area (Å²) in [5.74, 6) is 0.253. The van der Waals surface area contributed by atoms with E-state index in [0.717, 1.165) is 0 Å². The van der Waals surface area contributed by atoms with Gasteiger partial charge in [-0.15, -0.1) is 0 Å². The van der Waals surface area contributed by atoms with Gasteiger partial charge in [0.15, 0.2) is 6.23 Å². The largest absolute Gasteiger partial charge is 0.394 e. The maximum atomic E-state index is 11.8. The third-order valence-corrected chi connectivity index (χ3v) is 4.49. The minimum atomic E-state index is -1.65. The Kier molecular flexibility index (Phi) is 3.25. The summed E-state index contributed by atoms with van der Waals surface area (Å²) >= 11 is 0. The summed E-state index contributed by atoms with van der Waals surface area (Å²) in [6.07, 6.45) is -0.257. The number of amides is 1. The highest BCUT2D eigenvalue weighted by Crippen LogP contribution is 2.42. The number of carbonyl (C=O) groups excluding carboxylic acids is 1. The number of hydrogen-bond donors (Lipinski definition) is 5. The maximum Gasteiger partial charge on any atom is 0.243 e. The zero-order valence-corrected chi connectivity index (χ0v) is 12.8. The molecule has 128 valence electrons. The van der Waals surface area contributed by atoms with Crippen LogP contribution in [0.15, 0.2) is 12.5 Å². The van der Waals surface area contributed by atoms with Crippen molar-refractivity contribution in [3.05, 3.63) is 12.5 Å². The molecule has 4 heterocycles. The number of aliphatic hydroxyl groups excluding tert-OH is 2. The molecule has 2 aliphatic heterocycles. The van der Waals surface area contributed by atoms with Crippen molar-refractivity contribution in [3.63, 3.8) is 0 Å². The lowest BCUT2D eigenvalue weighted by molar-refractivity contribution is -0.114. The monoisotopic (exact) mass is 335 g/mol. The number of ether oxygens (including phenoxy) is 1. The molecule has 1 amide bonds. The molecule has 0 saturated carbocycles. The number of aliphatic hydroxyl groups is 3. The molecule has 0 aliphatic carbocycles. The third kappa shape index (κ3) is 2.01. The van der Waals surface area contributed by atoms with Crippen molar-refractivity contribution in [2.45, 2.75) is 31.0 Å². The normalized spacial score (nSPS) is 32.5. The van der Waals surface area contributed by atoms with Crippen molar-refractivity contribution >= 4 is 28.4 Å². The zero-order chi connectivity index (χ0) is 17.1. The van der Waals surface area contributed by atoms with Gasteiger partial charge in [-0.1, -0.05) is 0 Å². The van der Waals surface area contributed by atoms with E-state index in [2.05, 4.69) is 20.6 Å². The highest BCUT2D eigenvalue weighted by Gasteiger charge is 2.53. The number of aromatic nitrogens is 3. The quantitative estimate of drug-likeness (QED) is 0.460. The summed E-state index contributed by atoms with van der Waals surface area (Å²) in [6.45, 7) is 1.08. The molecule has 10 heteroatoms. The van der Waals surface area contributed by atoms with Gasteiger partial charge in [-0.05, 0) is 6.92 Å². The van der Waals surface area contributed by atoms with Crippen LogP contribution in [0.2, 0.25) is 0 Å². The third-order valence-electron chi connectivity index (χ3n) is 4.49. The van der Waals surface area contributed by atoms with E-state index in [4.69, 9.17) is 4.74 Å². The van der Waals surface area contributed by atoms with E-state index in [0.29, 0.717) is 22.5 Å². The molecule has 5 N–H and O–H groups in total. The first-order valence-corrected chi connectivity index (χ1v) is 7.49. The van der Waals surface area contributed by atoms with Crippen molar-refractivity contribution in [3.8, 4) is 0 Å². The first kappa shape index (κ1) is 15.3. The summed E-state index contributed by atoms with van der Waals surface area (Å²) in [5, 5.41) is 36.4. The van der Waals surface area contributed by atoms with Crippen LogP contribution < -0.4 is 10.6 Å². The molecular weight excluding hydrogens is 318 g/mol. The number of nitrogens with one attached hydrogen (secondary N) is 2. The van der Waals surface area contributed by atoms with Gasteiger partial charge in [0.2, 0.25) is 5.91 Å². The Bertz CT molecular complexity index is 819. The van der Waals surface area contributed by atoms with Crippen LogP contribution in [0.1, 0.15) is 13.2 Å². The molecule has 0 bridgehead atoms. The van der Waals surface area contributed by atoms with Crippen LogP contribution in [0.25, 0.3) is 11.0 Å². The molecule has 0 radical (unpaired) electrons. The minimum absolute atomic E-state index is 0.0870. The van der Waals surface area contributed by atoms with Gasteiger partial charge in [0.05, 0.1) is 24.2 Å². The lowest BCUT2D eigenvalue weighted by Gasteiger charge is -2.27. The molecule has 24 heavy (non-hydrogen) atoms. The lowest BCUT2D eigenvalue weighted by atomic mass is 9.96. The van der Waals surface area contributed by atoms with Crippen molar-refractivity contribution in [2.24, 2.45) is 0 Å². The Morgan fingerprint density at radius 1 is 1.50 bits per heavy atom. The van der Waals surface area contributed by atoms with Gasteiger partial charge in [-0.2, -0.15) is 0 Å². The fourth-order valence-corrected chi connectivity index (χ4v) is 3.24. The summed E-state index contributed by atoms with van der Waals surface area (Å²) in [7, 11) is 0. The topological polar surface area (TPSA) is 142 Å². The molecule has 0 aromatic carbocycles. The summed E-state index contributed by atoms with van der Waals surface area (Å²) in [5.41, 5.74) is -0.735. The second-order valence-electron chi connectivity index (χ2n) is 6.15. The standard InChI is InChI=1S/C14H17N5O5/c1-14(23)10(22)7(4-20)24-13(14)19-3-6-9-11(15-2-8(21)18-6)16-5-17-12(9)19/h3,5,7,10,13,20,22-23H,2,4H2,1H3,(H,18,21)(H,15,16,17)/t7-,10-,13-,14+/m1/s1. The zero-order valence-electron chi connectivity index (χ0n) is 12.8. The molecule has 0 unspecified atom stereocenters. The maximum absolute atomic E-state index is 11.8. The number of carbonyl (C=O) groups is 1. The molecule has 2 aromatic heterocycles. The number of hydrogen-bond acceptors (Lipinski definition) is 8. The van der Waals surface area contributed by atoms with Gasteiger partial charge < -0.3 is 35.3 Å². The van der Waals surface area contributed by atoms with E-state index < -0.39 is 30.6 Å². The van der Waals surface area contributed by atoms with Crippen LogP contribution in [0.5, 0.6) is 0 Å². The highest BCUT2D eigenvalue weighted by atomic mass is 16.6. The molecule has 4 atom stereocenters. The SMILES string of the molecule is C[C@]1(O)[C@H](O)[C@@H](CO)O[C@H]1n1cc2c3c(ncnc31)NCC(=O)N2. The summed E-state index contributed by atoms with van der Waals surface area (Å²) < 4.78 is 7.16. The van der Waals surface area contributed by atoms with E-state index in [1.165, 1.54) is 17.8 Å². The van der Waals surface area contributed by atoms with Crippen molar-refractivity contribution < 1.29 is 24.9 Å². The van der Waals surface area contributed by atoms with Gasteiger partial charge in [0.25, 0.3) is 0 Å². The average Bonchev–Trinajstić information content (AvgIpc) is 2.95. The second-order valence-corrected chi connectivity index (χ2v) is 6.15. The predicted molar refractivity (Wildman–Crippen MR) is 82.3 cm³/mol. The van der Waals surface area contributed by atoms with Gasteiger partial charge in [0, 0.05) is 6.20 Å². The lowest BCUT2D eigenvalue weighted by Crippen LogP contribution is -2.44. The Hall–Kier alpha value is -2.27. The Labute approximate surface area is 136 Å². The molecule has 2 aromatic rings. The highest BCUT2D eigenvalue weighted by molar-refractivity contribution is 6.09. The second kappa shape index (κ2) is 5.11. The Morgan fingerprint density at radius 2 is 2.29 bits per heavy atom. The molecule has 2 aliphatic rings. The van der Waals surface area contributed by atoms with E-state index >= 15 is 0 Å². The minimum Gasteiger partial charge on any atom is -0.394 e. The first-order chi connectivity index (χ1) is 11.4. The van der Waals surface area contributed by atoms with Crippen LogP contribution in [-0.2, 0) is 9.53 Å². The van der Waals surface area contributed by atoms with Gasteiger partial charge in [-0.3, -0.25) is 4.79 Å². The van der Waals surface area contributed by atoms with Gasteiger partial charge >= 0.3 is 0 Å². The smallest absolute Gasteiger partial charge is 0.243 e. The Morgan fingerprint density at radius 3 is 3.00 bits per heavy atom. The fraction of sp³-hybridized carbons (Fsp3) is 0.500. The van der Waals surface area contributed by atoms with Crippen LogP contribution >= 0.6 is 0 Å². The summed E-state index contributed by atoms with van der Waals surface area (Å²) in [6, 6.07) is 0.